The van der Waals surface area contributed by atoms with Crippen LogP contribution in [0.3, 0.4) is 0 Å². The van der Waals surface area contributed by atoms with Gasteiger partial charge in [0.15, 0.2) is 0 Å². The van der Waals surface area contributed by atoms with Crippen LogP contribution in [0, 0.1) is 5.92 Å². The van der Waals surface area contributed by atoms with Crippen molar-refractivity contribution in [2.75, 3.05) is 24.6 Å². The Bertz CT molecular complexity index is 225. The predicted octanol–water partition coefficient (Wildman–Crippen LogP) is 1.39. The molecule has 1 atom stereocenters. The van der Waals surface area contributed by atoms with Crippen LogP contribution in [0.2, 0.25) is 0 Å². The third-order valence-electron chi connectivity index (χ3n) is 3.22. The van der Waals surface area contributed by atoms with Gasteiger partial charge in [-0.25, -0.2) is 0 Å². The van der Waals surface area contributed by atoms with Crippen LogP contribution in [0.15, 0.2) is 0 Å². The Morgan fingerprint density at radius 2 is 2.19 bits per heavy atom. The van der Waals surface area contributed by atoms with Gasteiger partial charge in [-0.1, -0.05) is 6.42 Å². The lowest BCUT2D eigenvalue weighted by atomic mass is 10.0. The van der Waals surface area contributed by atoms with E-state index in [1.54, 1.807) is 0 Å². The molecular weight excluding hydrogens is 220 g/mol. The van der Waals surface area contributed by atoms with Crippen LogP contribution in [-0.4, -0.2) is 36.5 Å². The number of rotatable bonds is 6. The number of amides is 1. The first-order valence-electron chi connectivity index (χ1n) is 6.45. The zero-order valence-corrected chi connectivity index (χ0v) is 10.7. The molecule has 0 aromatic carbocycles. The highest BCUT2D eigenvalue weighted by Gasteiger charge is 2.21. The minimum absolute atomic E-state index is 0.0715. The highest BCUT2D eigenvalue weighted by Crippen LogP contribution is 2.32. The Hall–Kier alpha value is -0.220. The molecule has 0 aromatic heterocycles. The Morgan fingerprint density at radius 3 is 2.88 bits per heavy atom. The Morgan fingerprint density at radius 1 is 1.31 bits per heavy atom. The second kappa shape index (κ2) is 6.50. The molecule has 1 heterocycles. The molecule has 3 nitrogen and oxygen atoms in total. The maximum absolute atomic E-state index is 11.7. The first-order valence-corrected chi connectivity index (χ1v) is 7.60. The second-order valence-corrected chi connectivity index (χ2v) is 5.96. The number of carbonyl (C=O) groups is 1. The summed E-state index contributed by atoms with van der Waals surface area (Å²) in [5.74, 6) is 3.54. The SMILES string of the molecule is O=C(NCCSCC1CC1)C1CCCCN1. The van der Waals surface area contributed by atoms with E-state index in [-0.39, 0.29) is 11.9 Å². The lowest BCUT2D eigenvalue weighted by molar-refractivity contribution is -0.123. The van der Waals surface area contributed by atoms with Gasteiger partial charge < -0.3 is 10.6 Å². The molecule has 2 rings (SSSR count). The van der Waals surface area contributed by atoms with Gasteiger partial charge >= 0.3 is 0 Å². The normalized spacial score (nSPS) is 25.4. The molecule has 0 spiro atoms. The molecule has 92 valence electrons. The average molecular weight is 242 g/mol. The number of hydrogen-bond donors (Lipinski definition) is 2. The number of hydrogen-bond acceptors (Lipinski definition) is 3. The van der Waals surface area contributed by atoms with Crippen molar-refractivity contribution in [3.05, 3.63) is 0 Å². The van der Waals surface area contributed by atoms with Gasteiger partial charge in [0.1, 0.15) is 0 Å². The van der Waals surface area contributed by atoms with Gasteiger partial charge in [0, 0.05) is 12.3 Å². The smallest absolute Gasteiger partial charge is 0.237 e. The maximum Gasteiger partial charge on any atom is 0.237 e. The predicted molar refractivity (Wildman–Crippen MR) is 68.7 cm³/mol. The van der Waals surface area contributed by atoms with E-state index in [9.17, 15) is 4.79 Å². The molecule has 1 aliphatic heterocycles. The number of nitrogens with one attached hydrogen (secondary N) is 2. The van der Waals surface area contributed by atoms with Gasteiger partial charge in [-0.2, -0.15) is 11.8 Å². The molecule has 2 N–H and O–H groups in total. The van der Waals surface area contributed by atoms with Crippen molar-refractivity contribution < 1.29 is 4.79 Å². The highest BCUT2D eigenvalue weighted by molar-refractivity contribution is 7.99. The van der Waals surface area contributed by atoms with Gasteiger partial charge in [-0.3, -0.25) is 4.79 Å². The lowest BCUT2D eigenvalue weighted by Crippen LogP contribution is -2.47. The fourth-order valence-electron chi connectivity index (χ4n) is 1.98. The molecule has 1 saturated carbocycles. The summed E-state index contributed by atoms with van der Waals surface area (Å²) in [6.07, 6.45) is 6.24. The molecular formula is C12H22N2OS. The minimum Gasteiger partial charge on any atom is -0.354 e. The summed E-state index contributed by atoms with van der Waals surface area (Å²) in [7, 11) is 0. The summed E-state index contributed by atoms with van der Waals surface area (Å²) in [6.45, 7) is 1.82. The van der Waals surface area contributed by atoms with Gasteiger partial charge in [0.2, 0.25) is 5.91 Å². The van der Waals surface area contributed by atoms with Crippen molar-refractivity contribution in [2.45, 2.75) is 38.1 Å². The van der Waals surface area contributed by atoms with Crippen molar-refractivity contribution in [2.24, 2.45) is 5.92 Å². The van der Waals surface area contributed by atoms with Crippen molar-refractivity contribution >= 4 is 17.7 Å². The van der Waals surface area contributed by atoms with Gasteiger partial charge in [-0.05, 0) is 43.9 Å². The van der Waals surface area contributed by atoms with E-state index in [0.717, 1.165) is 31.2 Å². The van der Waals surface area contributed by atoms with E-state index in [2.05, 4.69) is 10.6 Å². The molecule has 0 radical (unpaired) electrons. The minimum atomic E-state index is 0.0715. The van der Waals surface area contributed by atoms with Crippen LogP contribution < -0.4 is 10.6 Å². The molecule has 1 amide bonds. The topological polar surface area (TPSA) is 41.1 Å². The molecule has 16 heavy (non-hydrogen) atoms. The first-order chi connectivity index (χ1) is 7.86. The zero-order valence-electron chi connectivity index (χ0n) is 9.84. The number of piperidine rings is 1. The summed E-state index contributed by atoms with van der Waals surface area (Å²) in [5.41, 5.74) is 0. The summed E-state index contributed by atoms with van der Waals surface area (Å²) in [5, 5.41) is 6.29. The number of thioether (sulfide) groups is 1. The maximum atomic E-state index is 11.7. The summed E-state index contributed by atoms with van der Waals surface area (Å²) >= 11 is 1.98. The Balaban J connectivity index is 1.48. The van der Waals surface area contributed by atoms with Crippen LogP contribution in [-0.2, 0) is 4.79 Å². The van der Waals surface area contributed by atoms with Gasteiger partial charge in [-0.15, -0.1) is 0 Å². The summed E-state index contributed by atoms with van der Waals surface area (Å²) < 4.78 is 0. The molecule has 1 unspecified atom stereocenters. The highest BCUT2D eigenvalue weighted by atomic mass is 32.2. The third-order valence-corrected chi connectivity index (χ3v) is 4.42. The zero-order chi connectivity index (χ0) is 11.2. The molecule has 2 fully saturated rings. The molecule has 4 heteroatoms. The van der Waals surface area contributed by atoms with E-state index in [1.807, 2.05) is 11.8 Å². The average Bonchev–Trinajstić information content (AvgIpc) is 3.13. The van der Waals surface area contributed by atoms with Crippen LogP contribution in [0.25, 0.3) is 0 Å². The molecule has 2 aliphatic rings. The summed E-state index contributed by atoms with van der Waals surface area (Å²) in [4.78, 5) is 11.7. The molecule has 1 saturated heterocycles. The van der Waals surface area contributed by atoms with E-state index in [1.165, 1.54) is 31.4 Å². The van der Waals surface area contributed by atoms with Gasteiger partial charge in [0.05, 0.1) is 6.04 Å². The van der Waals surface area contributed by atoms with E-state index in [4.69, 9.17) is 0 Å². The van der Waals surface area contributed by atoms with Crippen molar-refractivity contribution in [1.82, 2.24) is 10.6 Å². The molecule has 0 aromatic rings. The molecule has 0 bridgehead atoms. The van der Waals surface area contributed by atoms with Gasteiger partial charge in [0.25, 0.3) is 0 Å². The monoisotopic (exact) mass is 242 g/mol. The fraction of sp³-hybridized carbons (Fsp3) is 0.917. The summed E-state index contributed by atoms with van der Waals surface area (Å²) in [6, 6.07) is 0.0715. The quantitative estimate of drug-likeness (QED) is 0.692. The fourth-order valence-corrected chi connectivity index (χ4v) is 3.06. The van der Waals surface area contributed by atoms with Crippen LogP contribution in [0.5, 0.6) is 0 Å². The Labute approximate surface area is 102 Å². The number of carbonyl (C=O) groups excluding carboxylic acids is 1. The van der Waals surface area contributed by atoms with E-state index in [0.29, 0.717) is 0 Å². The van der Waals surface area contributed by atoms with Crippen LogP contribution in [0.1, 0.15) is 32.1 Å². The standard InChI is InChI=1S/C12H22N2OS/c15-12(11-3-1-2-6-13-11)14-7-8-16-9-10-4-5-10/h10-11,13H,1-9H2,(H,14,15). The van der Waals surface area contributed by atoms with Crippen molar-refractivity contribution in [1.29, 1.82) is 0 Å². The van der Waals surface area contributed by atoms with Crippen molar-refractivity contribution in [3.63, 3.8) is 0 Å². The largest absolute Gasteiger partial charge is 0.354 e. The third kappa shape index (κ3) is 4.34. The molecule has 1 aliphatic carbocycles. The Kier molecular flexibility index (Phi) is 4.97. The van der Waals surface area contributed by atoms with E-state index < -0.39 is 0 Å². The second-order valence-electron chi connectivity index (χ2n) is 4.81. The van der Waals surface area contributed by atoms with E-state index >= 15 is 0 Å². The lowest BCUT2D eigenvalue weighted by Gasteiger charge is -2.22. The van der Waals surface area contributed by atoms with Crippen LogP contribution in [0.4, 0.5) is 0 Å². The van der Waals surface area contributed by atoms with Crippen LogP contribution >= 0.6 is 11.8 Å². The first kappa shape index (κ1) is 12.2. The van der Waals surface area contributed by atoms with Crippen molar-refractivity contribution in [3.8, 4) is 0 Å².